The number of hydrogen-bond acceptors (Lipinski definition) is 2. The Bertz CT molecular complexity index is 558. The Hall–Kier alpha value is -0.780. The molecule has 1 saturated heterocycles. The molecule has 0 spiro atoms. The van der Waals surface area contributed by atoms with E-state index in [4.69, 9.17) is 16.3 Å². The smallest absolute Gasteiger partial charge is 0.384 e. The molecule has 0 aromatic heterocycles. The van der Waals surface area contributed by atoms with Gasteiger partial charge in [-0.25, -0.2) is 0 Å². The number of methoxy groups -OCH3 is 1. The fraction of sp³-hybridized carbons (Fsp3) is 0.600. The van der Waals surface area contributed by atoms with Crippen molar-refractivity contribution in [1.29, 1.82) is 0 Å². The maximum absolute atomic E-state index is 12.8. The van der Waals surface area contributed by atoms with Gasteiger partial charge in [0.15, 0.2) is 0 Å². The lowest BCUT2D eigenvalue weighted by molar-refractivity contribution is -0.137. The van der Waals surface area contributed by atoms with Crippen molar-refractivity contribution in [3.63, 3.8) is 0 Å². The Morgan fingerprint density at radius 1 is 1.38 bits per heavy atom. The summed E-state index contributed by atoms with van der Waals surface area (Å²) in [4.78, 5) is 0. The van der Waals surface area contributed by atoms with Crippen LogP contribution in [0.25, 0.3) is 0 Å². The molecule has 1 heterocycles. The molecule has 0 bridgehead atoms. The van der Waals surface area contributed by atoms with Crippen molar-refractivity contribution in [2.45, 2.75) is 24.4 Å². The standard InChI is InChI=1S/C15H17ClF3NO/c1-21-9-13-7-14(13,4-5-20-8-13)10-2-3-11(12(16)6-10)15(17,18)19/h2-3,6,20H,4-5,7-9H2,1H3/t13-,14?/m1/s1. The molecule has 3 rings (SSSR count). The molecule has 1 aromatic carbocycles. The number of rotatable bonds is 3. The van der Waals surface area contributed by atoms with E-state index in [1.807, 2.05) is 0 Å². The van der Waals surface area contributed by atoms with Crippen LogP contribution in [-0.2, 0) is 16.3 Å². The Morgan fingerprint density at radius 2 is 2.14 bits per heavy atom. The molecular weight excluding hydrogens is 303 g/mol. The second kappa shape index (κ2) is 4.86. The second-order valence-corrected chi connectivity index (χ2v) is 6.50. The zero-order chi connectivity index (χ0) is 15.3. The summed E-state index contributed by atoms with van der Waals surface area (Å²) in [5.74, 6) is 0. The summed E-state index contributed by atoms with van der Waals surface area (Å²) in [6.45, 7) is 2.31. The third kappa shape index (κ3) is 2.26. The van der Waals surface area contributed by atoms with Crippen molar-refractivity contribution in [3.05, 3.63) is 34.3 Å². The molecule has 116 valence electrons. The summed E-state index contributed by atoms with van der Waals surface area (Å²) >= 11 is 5.87. The van der Waals surface area contributed by atoms with Crippen LogP contribution in [0.15, 0.2) is 18.2 Å². The molecule has 2 atom stereocenters. The van der Waals surface area contributed by atoms with Crippen molar-refractivity contribution in [2.75, 3.05) is 26.8 Å². The zero-order valence-electron chi connectivity index (χ0n) is 11.7. The molecule has 1 aromatic rings. The van der Waals surface area contributed by atoms with E-state index < -0.39 is 11.7 Å². The molecular formula is C15H17ClF3NO. The van der Waals surface area contributed by atoms with Crippen molar-refractivity contribution >= 4 is 11.6 Å². The maximum Gasteiger partial charge on any atom is 0.417 e. The summed E-state index contributed by atoms with van der Waals surface area (Å²) < 4.78 is 43.8. The van der Waals surface area contributed by atoms with E-state index in [9.17, 15) is 13.2 Å². The maximum atomic E-state index is 12.8. The molecule has 1 aliphatic carbocycles. The largest absolute Gasteiger partial charge is 0.417 e. The van der Waals surface area contributed by atoms with Crippen molar-refractivity contribution in [2.24, 2.45) is 5.41 Å². The summed E-state index contributed by atoms with van der Waals surface area (Å²) in [6.07, 6.45) is -2.57. The van der Waals surface area contributed by atoms with E-state index in [-0.39, 0.29) is 15.9 Å². The van der Waals surface area contributed by atoms with Gasteiger partial charge in [-0.1, -0.05) is 17.7 Å². The predicted molar refractivity (Wildman–Crippen MR) is 74.5 cm³/mol. The van der Waals surface area contributed by atoms with Crippen LogP contribution < -0.4 is 5.32 Å². The quantitative estimate of drug-likeness (QED) is 0.918. The molecule has 1 N–H and O–H groups in total. The number of nitrogens with one attached hydrogen (secondary N) is 1. The first-order valence-electron chi connectivity index (χ1n) is 6.92. The average molecular weight is 320 g/mol. The monoisotopic (exact) mass is 319 g/mol. The van der Waals surface area contributed by atoms with Gasteiger partial charge in [-0.3, -0.25) is 0 Å². The highest BCUT2D eigenvalue weighted by molar-refractivity contribution is 6.31. The summed E-state index contributed by atoms with van der Waals surface area (Å²) in [7, 11) is 1.66. The Kier molecular flexibility index (Phi) is 3.50. The molecule has 1 unspecified atom stereocenters. The SMILES string of the molecule is COC[C@@]12CNCCC1(c1ccc(C(F)(F)F)c(Cl)c1)C2. The Labute approximate surface area is 126 Å². The topological polar surface area (TPSA) is 21.3 Å². The van der Waals surface area contributed by atoms with Gasteiger partial charge in [-0.05, 0) is 37.1 Å². The average Bonchev–Trinajstić information content (AvgIpc) is 3.07. The van der Waals surface area contributed by atoms with E-state index in [1.165, 1.54) is 6.07 Å². The lowest BCUT2D eigenvalue weighted by atomic mass is 9.81. The molecule has 2 fully saturated rings. The first-order chi connectivity index (χ1) is 9.85. The van der Waals surface area contributed by atoms with Crippen LogP contribution in [-0.4, -0.2) is 26.8 Å². The number of hydrogen-bond donors (Lipinski definition) is 1. The van der Waals surface area contributed by atoms with Gasteiger partial charge in [0.2, 0.25) is 0 Å². The Balaban J connectivity index is 1.96. The van der Waals surface area contributed by atoms with Crippen molar-refractivity contribution < 1.29 is 17.9 Å². The van der Waals surface area contributed by atoms with E-state index in [0.717, 1.165) is 37.6 Å². The molecule has 0 radical (unpaired) electrons. The van der Waals surface area contributed by atoms with Gasteiger partial charge >= 0.3 is 6.18 Å². The van der Waals surface area contributed by atoms with Gasteiger partial charge in [0, 0.05) is 24.5 Å². The minimum atomic E-state index is -4.41. The zero-order valence-corrected chi connectivity index (χ0v) is 12.4. The number of halogens is 4. The predicted octanol–water partition coefficient (Wildman–Crippen LogP) is 3.63. The summed E-state index contributed by atoms with van der Waals surface area (Å²) in [5, 5.41) is 3.14. The van der Waals surface area contributed by atoms with Crippen molar-refractivity contribution in [3.8, 4) is 0 Å². The third-order valence-electron chi connectivity index (χ3n) is 4.97. The lowest BCUT2D eigenvalue weighted by Gasteiger charge is -2.31. The third-order valence-corrected chi connectivity index (χ3v) is 5.28. The highest BCUT2D eigenvalue weighted by Gasteiger charge is 2.68. The van der Waals surface area contributed by atoms with Crippen LogP contribution in [0.3, 0.4) is 0 Å². The minimum Gasteiger partial charge on any atom is -0.384 e. The number of fused-ring (bicyclic) bond motifs is 1. The van der Waals surface area contributed by atoms with Crippen LogP contribution >= 0.6 is 11.6 Å². The van der Waals surface area contributed by atoms with E-state index in [1.54, 1.807) is 13.2 Å². The molecule has 1 saturated carbocycles. The molecule has 0 amide bonds. The molecule has 6 heteroatoms. The number of piperidine rings is 1. The second-order valence-electron chi connectivity index (χ2n) is 6.09. The number of ether oxygens (including phenoxy) is 1. The van der Waals surface area contributed by atoms with Crippen LogP contribution in [0, 0.1) is 5.41 Å². The highest BCUT2D eigenvalue weighted by atomic mass is 35.5. The first-order valence-corrected chi connectivity index (χ1v) is 7.29. The van der Waals surface area contributed by atoms with Crippen LogP contribution in [0.4, 0.5) is 13.2 Å². The lowest BCUT2D eigenvalue weighted by Crippen LogP contribution is -2.40. The molecule has 1 aliphatic heterocycles. The van der Waals surface area contributed by atoms with Gasteiger partial charge in [0.25, 0.3) is 0 Å². The van der Waals surface area contributed by atoms with Gasteiger partial charge in [-0.15, -0.1) is 0 Å². The summed E-state index contributed by atoms with van der Waals surface area (Å²) in [5.41, 5.74) is 0.0285. The number of alkyl halides is 3. The van der Waals surface area contributed by atoms with E-state index in [0.29, 0.717) is 6.61 Å². The fourth-order valence-electron chi connectivity index (χ4n) is 3.86. The first kappa shape index (κ1) is 15.1. The Morgan fingerprint density at radius 3 is 2.76 bits per heavy atom. The molecule has 21 heavy (non-hydrogen) atoms. The normalized spacial score (nSPS) is 31.9. The van der Waals surface area contributed by atoms with E-state index >= 15 is 0 Å². The van der Waals surface area contributed by atoms with Crippen LogP contribution in [0.2, 0.25) is 5.02 Å². The molecule has 2 aliphatic rings. The van der Waals surface area contributed by atoms with Crippen molar-refractivity contribution in [1.82, 2.24) is 5.32 Å². The number of benzene rings is 1. The highest BCUT2D eigenvalue weighted by Crippen LogP contribution is 2.68. The molecule has 2 nitrogen and oxygen atoms in total. The fourth-order valence-corrected chi connectivity index (χ4v) is 4.15. The van der Waals surface area contributed by atoms with Gasteiger partial charge in [0.05, 0.1) is 17.2 Å². The van der Waals surface area contributed by atoms with Gasteiger partial charge in [-0.2, -0.15) is 13.2 Å². The van der Waals surface area contributed by atoms with E-state index in [2.05, 4.69) is 5.32 Å². The summed E-state index contributed by atoms with van der Waals surface area (Å²) in [6, 6.07) is 4.18. The van der Waals surface area contributed by atoms with Gasteiger partial charge in [0.1, 0.15) is 0 Å². The van der Waals surface area contributed by atoms with Crippen LogP contribution in [0.5, 0.6) is 0 Å². The minimum absolute atomic E-state index is 0.0108. The van der Waals surface area contributed by atoms with Crippen LogP contribution in [0.1, 0.15) is 24.0 Å². The van der Waals surface area contributed by atoms with Gasteiger partial charge < -0.3 is 10.1 Å².